The second-order valence-corrected chi connectivity index (χ2v) is 14.9. The van der Waals surface area contributed by atoms with E-state index in [0.717, 1.165) is 41.6 Å². The first-order valence-corrected chi connectivity index (χ1v) is 19.6. The molecule has 0 unspecified atom stereocenters. The zero-order valence-electron chi connectivity index (χ0n) is 32.1. The molecule has 10 heterocycles. The number of imidazole rings is 2. The third-order valence-corrected chi connectivity index (χ3v) is 9.70. The number of nitrogens with one attached hydrogen (secondary N) is 1. The number of rotatable bonds is 5. The molecule has 21 heteroatoms. The molecular weight excluding hydrogens is 835 g/mol. The number of hydrogen-bond acceptors (Lipinski definition) is 16. The van der Waals surface area contributed by atoms with Gasteiger partial charge in [0.1, 0.15) is 39.8 Å². The van der Waals surface area contributed by atoms with E-state index in [-0.39, 0.29) is 31.8 Å². The van der Waals surface area contributed by atoms with Gasteiger partial charge in [0.2, 0.25) is 0 Å². The van der Waals surface area contributed by atoms with E-state index in [1.165, 1.54) is 0 Å². The minimum absolute atomic E-state index is 0. The van der Waals surface area contributed by atoms with Crippen LogP contribution in [0.1, 0.15) is 56.9 Å². The quantitative estimate of drug-likeness (QED) is 0.169. The lowest BCUT2D eigenvalue weighted by molar-refractivity contribution is -0.0438. The van der Waals surface area contributed by atoms with E-state index in [1.54, 1.807) is 69.2 Å². The van der Waals surface area contributed by atoms with Gasteiger partial charge in [0, 0.05) is 44.4 Å². The predicted octanol–water partition coefficient (Wildman–Crippen LogP) is 7.26. The molecule has 10 rings (SSSR count). The highest BCUT2D eigenvalue weighted by atomic mass is 35.5. The minimum Gasteiger partial charge on any atom is -0.363 e. The van der Waals surface area contributed by atoms with E-state index in [0.29, 0.717) is 63.4 Å². The van der Waals surface area contributed by atoms with Crippen LogP contribution < -0.4 is 10.2 Å². The Morgan fingerprint density at radius 3 is 1.77 bits per heavy atom. The number of aromatic nitrogens is 12. The van der Waals surface area contributed by atoms with E-state index in [2.05, 4.69) is 55.4 Å². The van der Waals surface area contributed by atoms with Crippen molar-refractivity contribution in [1.29, 1.82) is 0 Å². The number of nitrogens with zero attached hydrogens (tertiary/aromatic N) is 13. The molecule has 4 atom stereocenters. The summed E-state index contributed by atoms with van der Waals surface area (Å²) in [5.74, 6) is 4.17. The number of halogens is 3. The lowest BCUT2D eigenvalue weighted by Gasteiger charge is -2.36. The van der Waals surface area contributed by atoms with E-state index in [4.69, 9.17) is 58.3 Å². The van der Waals surface area contributed by atoms with Gasteiger partial charge in [-0.15, -0.1) is 0 Å². The largest absolute Gasteiger partial charge is 0.363 e. The Kier molecular flexibility index (Phi) is 13.3. The first-order valence-electron chi connectivity index (χ1n) is 18.5. The number of anilines is 1. The summed E-state index contributed by atoms with van der Waals surface area (Å²) in [6.07, 6.45) is 10.1. The highest BCUT2D eigenvalue weighted by Gasteiger charge is 2.31. The first kappa shape index (κ1) is 42.5. The highest BCUT2D eigenvalue weighted by Crippen LogP contribution is 2.29. The number of aryl methyl sites for hydroxylation is 2. The summed E-state index contributed by atoms with van der Waals surface area (Å²) in [5.41, 5.74) is 3.10. The molecule has 0 amide bonds. The molecule has 8 aromatic heterocycles. The van der Waals surface area contributed by atoms with E-state index in [1.807, 2.05) is 40.8 Å². The molecule has 0 spiro atoms. The summed E-state index contributed by atoms with van der Waals surface area (Å²) in [6, 6.07) is 10.8. The van der Waals surface area contributed by atoms with Gasteiger partial charge < -0.3 is 28.7 Å². The molecule has 1 N–H and O–H groups in total. The van der Waals surface area contributed by atoms with Gasteiger partial charge in [0.05, 0.1) is 41.2 Å². The summed E-state index contributed by atoms with van der Waals surface area (Å²) in [5, 5.41) is 12.5. The molecule has 8 aromatic rings. The van der Waals surface area contributed by atoms with Gasteiger partial charge in [-0.3, -0.25) is 8.80 Å². The third-order valence-electron chi connectivity index (χ3n) is 9.04. The molecule has 2 aliphatic rings. The van der Waals surface area contributed by atoms with Crippen LogP contribution in [0.2, 0.25) is 15.2 Å². The van der Waals surface area contributed by atoms with Crippen LogP contribution in [0, 0.1) is 13.8 Å². The Balaban J connectivity index is 0.000000149. The monoisotopic (exact) mass is 874 g/mol. The van der Waals surface area contributed by atoms with Crippen molar-refractivity contribution in [3.63, 3.8) is 0 Å². The smallest absolute Gasteiger partial charge is 0.257 e. The topological polar surface area (TPSA) is 198 Å². The van der Waals surface area contributed by atoms with Gasteiger partial charge in [-0.25, -0.2) is 29.9 Å². The average molecular weight is 876 g/mol. The van der Waals surface area contributed by atoms with Crippen LogP contribution in [-0.4, -0.2) is 97.4 Å². The van der Waals surface area contributed by atoms with Gasteiger partial charge in [-0.2, -0.15) is 9.97 Å². The maximum Gasteiger partial charge on any atom is 0.257 e. The van der Waals surface area contributed by atoms with Crippen LogP contribution >= 0.6 is 34.8 Å². The van der Waals surface area contributed by atoms with Crippen LogP contribution in [0.25, 0.3) is 34.3 Å². The molecule has 18 nitrogen and oxygen atoms in total. The molecule has 0 bridgehead atoms. The van der Waals surface area contributed by atoms with Crippen LogP contribution in [0.4, 0.5) is 5.82 Å². The van der Waals surface area contributed by atoms with Crippen molar-refractivity contribution in [2.75, 3.05) is 31.1 Å². The average Bonchev–Trinajstić information content (AvgIpc) is 4.05. The fourth-order valence-corrected chi connectivity index (χ4v) is 6.91. The SMILES string of the molecule is C.Cc1noc([C@H]2CN(c3ccnc(-c4cnc5ccc(Cl)cn45)n3)C[C@@H](C)O2)n1.Cc1noc([C@H]2CNC[C@@H](C)O2)n1.Clc1ccc2ncc(-c3nccc(Cl)n3)n2c1. The van der Waals surface area contributed by atoms with E-state index >= 15 is 0 Å². The second kappa shape index (κ2) is 18.7. The summed E-state index contributed by atoms with van der Waals surface area (Å²) < 4.78 is 25.7. The number of morpholine rings is 2. The van der Waals surface area contributed by atoms with Gasteiger partial charge in [0.25, 0.3) is 11.8 Å². The van der Waals surface area contributed by atoms with E-state index in [9.17, 15) is 0 Å². The molecule has 0 aliphatic carbocycles. The van der Waals surface area contributed by atoms with Crippen LogP contribution in [-0.2, 0) is 9.47 Å². The third kappa shape index (κ3) is 9.86. The molecule has 312 valence electrons. The normalized spacial score (nSPS) is 18.9. The molecule has 0 aromatic carbocycles. The Labute approximate surface area is 359 Å². The highest BCUT2D eigenvalue weighted by molar-refractivity contribution is 6.31. The van der Waals surface area contributed by atoms with Crippen molar-refractivity contribution in [1.82, 2.24) is 64.3 Å². The van der Waals surface area contributed by atoms with Crippen molar-refractivity contribution in [3.8, 4) is 23.0 Å². The Morgan fingerprint density at radius 2 is 1.20 bits per heavy atom. The van der Waals surface area contributed by atoms with Crippen LogP contribution in [0.5, 0.6) is 0 Å². The summed E-state index contributed by atoms with van der Waals surface area (Å²) in [6.45, 7) is 10.5. The number of hydrogen-bond donors (Lipinski definition) is 1. The lowest BCUT2D eigenvalue weighted by Crippen LogP contribution is -2.43. The van der Waals surface area contributed by atoms with Crippen molar-refractivity contribution < 1.29 is 18.5 Å². The standard InChI is InChI=1S/C19H18ClN7O2.C11H6Cl2N4.C8H13N3O2.CH4/c1-11-8-26(10-15(28-11)19-23-12(2)25-29-19)17-5-6-21-18(24-17)14-7-22-16-4-3-13(20)9-27(14)16;12-7-1-2-10-15-5-8(17(10)6-7)11-14-4-3-9(13)16-11;1-5-3-9-4-7(12-5)8-10-6(2)11-13-8;/h3-7,9,11,15H,8,10H2,1-2H3;1-6H;5,7,9H,3-4H2,1-2H3;1H4/t11-,15-;;5-,7-;/m1.1./s1. The van der Waals surface area contributed by atoms with Gasteiger partial charge in [-0.05, 0) is 64.1 Å². The molecule has 2 saturated heterocycles. The van der Waals surface area contributed by atoms with Crippen LogP contribution in [0.15, 0.2) is 82.6 Å². The zero-order valence-corrected chi connectivity index (χ0v) is 34.4. The number of ether oxygens (including phenoxy) is 2. The van der Waals surface area contributed by atoms with Gasteiger partial charge >= 0.3 is 0 Å². The summed E-state index contributed by atoms with van der Waals surface area (Å²) >= 11 is 17.9. The van der Waals surface area contributed by atoms with Gasteiger partial charge in [0.15, 0.2) is 29.4 Å². The Hall–Kier alpha value is -5.63. The van der Waals surface area contributed by atoms with Crippen molar-refractivity contribution in [2.24, 2.45) is 0 Å². The maximum atomic E-state index is 6.15. The fourth-order valence-electron chi connectivity index (χ4n) is 6.45. The van der Waals surface area contributed by atoms with Crippen molar-refractivity contribution >= 4 is 51.9 Å². The number of fused-ring (bicyclic) bond motifs is 2. The Morgan fingerprint density at radius 1 is 0.633 bits per heavy atom. The maximum absolute atomic E-state index is 6.15. The van der Waals surface area contributed by atoms with Crippen molar-refractivity contribution in [3.05, 3.63) is 112 Å². The number of pyridine rings is 2. The van der Waals surface area contributed by atoms with E-state index < -0.39 is 0 Å². The first-order chi connectivity index (χ1) is 28.6. The molecular formula is C39H41Cl3N14O4. The molecule has 60 heavy (non-hydrogen) atoms. The second-order valence-electron chi connectivity index (χ2n) is 13.7. The molecule has 0 saturated carbocycles. The lowest BCUT2D eigenvalue weighted by atomic mass is 10.2. The van der Waals surface area contributed by atoms with Crippen molar-refractivity contribution in [2.45, 2.75) is 59.5 Å². The van der Waals surface area contributed by atoms with Crippen LogP contribution in [0.3, 0.4) is 0 Å². The summed E-state index contributed by atoms with van der Waals surface area (Å²) in [4.78, 5) is 36.8. The predicted molar refractivity (Wildman–Crippen MR) is 224 cm³/mol. The summed E-state index contributed by atoms with van der Waals surface area (Å²) in [7, 11) is 0. The van der Waals surface area contributed by atoms with Gasteiger partial charge in [-0.1, -0.05) is 52.5 Å². The minimum atomic E-state index is -0.312. The molecule has 0 radical (unpaired) electrons. The molecule has 2 aliphatic heterocycles. The Bertz CT molecular complexity index is 2690. The zero-order chi connectivity index (χ0) is 41.0. The molecule has 2 fully saturated rings. The fraction of sp³-hybridized carbons (Fsp3) is 0.333.